The molecule has 1 aliphatic carbocycles. The van der Waals surface area contributed by atoms with E-state index in [-0.39, 0.29) is 30.1 Å². The van der Waals surface area contributed by atoms with Crippen molar-refractivity contribution in [3.05, 3.63) is 29.8 Å². The van der Waals surface area contributed by atoms with Gasteiger partial charge in [0.05, 0.1) is 6.54 Å². The predicted molar refractivity (Wildman–Crippen MR) is 98.8 cm³/mol. The van der Waals surface area contributed by atoms with E-state index in [0.717, 1.165) is 29.7 Å². The van der Waals surface area contributed by atoms with Crippen molar-refractivity contribution in [1.82, 2.24) is 10.6 Å². The summed E-state index contributed by atoms with van der Waals surface area (Å²) in [4.78, 5) is 4.24. The first-order valence-corrected chi connectivity index (χ1v) is 7.29. The molecule has 0 spiro atoms. The highest BCUT2D eigenvalue weighted by Crippen LogP contribution is 2.28. The molecule has 1 fully saturated rings. The molecule has 1 aliphatic rings. The van der Waals surface area contributed by atoms with Crippen molar-refractivity contribution < 1.29 is 4.74 Å². The number of aliphatic imine (C=N–C) groups is 1. The Morgan fingerprint density at radius 3 is 2.67 bits per heavy atom. The van der Waals surface area contributed by atoms with E-state index >= 15 is 0 Å². The molecular formula is C16H26IN3O. The molecule has 1 aromatic rings. The smallest absolute Gasteiger partial charge is 0.191 e. The van der Waals surface area contributed by atoms with Gasteiger partial charge in [-0.15, -0.1) is 24.0 Å². The van der Waals surface area contributed by atoms with Crippen LogP contribution in [0.4, 0.5) is 0 Å². The van der Waals surface area contributed by atoms with Gasteiger partial charge in [-0.05, 0) is 37.8 Å². The zero-order valence-electron chi connectivity index (χ0n) is 13.2. The average Bonchev–Trinajstić information content (AvgIpc) is 3.12. The van der Waals surface area contributed by atoms with Gasteiger partial charge in [0.25, 0.3) is 0 Å². The van der Waals surface area contributed by atoms with Gasteiger partial charge >= 0.3 is 0 Å². The zero-order chi connectivity index (χ0) is 14.5. The van der Waals surface area contributed by atoms with Crippen molar-refractivity contribution in [2.24, 2.45) is 10.9 Å². The van der Waals surface area contributed by atoms with Gasteiger partial charge in [0.1, 0.15) is 11.9 Å². The number of para-hydroxylation sites is 1. The lowest BCUT2D eigenvalue weighted by Gasteiger charge is -2.18. The maximum absolute atomic E-state index is 5.94. The highest BCUT2D eigenvalue weighted by atomic mass is 127. The molecule has 0 radical (unpaired) electrons. The highest BCUT2D eigenvalue weighted by molar-refractivity contribution is 14.0. The molecule has 21 heavy (non-hydrogen) atoms. The van der Waals surface area contributed by atoms with Gasteiger partial charge in [-0.25, -0.2) is 0 Å². The third kappa shape index (κ3) is 5.73. The van der Waals surface area contributed by atoms with Crippen LogP contribution in [0.1, 0.15) is 25.8 Å². The summed E-state index contributed by atoms with van der Waals surface area (Å²) in [6.07, 6.45) is 1.32. The molecule has 0 aromatic heterocycles. The number of ether oxygens (including phenoxy) is 1. The molecule has 1 aromatic carbocycles. The molecule has 2 rings (SSSR count). The van der Waals surface area contributed by atoms with E-state index in [4.69, 9.17) is 4.74 Å². The highest BCUT2D eigenvalue weighted by Gasteiger charge is 2.33. The van der Waals surface area contributed by atoms with Crippen LogP contribution in [0.3, 0.4) is 0 Å². The Bertz CT molecular complexity index is 478. The lowest BCUT2D eigenvalue weighted by atomic mass is 10.2. The number of rotatable bonds is 5. The van der Waals surface area contributed by atoms with Crippen LogP contribution in [0.15, 0.2) is 29.3 Å². The number of aryl methyl sites for hydroxylation is 1. The number of nitrogens with zero attached hydrogens (tertiary/aromatic N) is 1. The predicted octanol–water partition coefficient (Wildman–Crippen LogP) is 2.95. The van der Waals surface area contributed by atoms with Gasteiger partial charge in [0.15, 0.2) is 5.96 Å². The molecule has 3 unspecified atom stereocenters. The molecule has 0 amide bonds. The molecule has 4 nitrogen and oxygen atoms in total. The van der Waals surface area contributed by atoms with E-state index in [1.54, 1.807) is 7.05 Å². The van der Waals surface area contributed by atoms with Gasteiger partial charge in [0, 0.05) is 13.1 Å². The number of hydrogen-bond acceptors (Lipinski definition) is 2. The van der Waals surface area contributed by atoms with Crippen LogP contribution in [0.5, 0.6) is 5.75 Å². The summed E-state index contributed by atoms with van der Waals surface area (Å²) in [5.74, 6) is 2.56. The minimum absolute atomic E-state index is 0. The standard InChI is InChI=1S/C16H25N3O.HI/c1-11-7-5-6-8-15(11)20-13(3)10-18-16(17-4)19-14-9-12(14)2;/h5-8,12-14H,9-10H2,1-4H3,(H2,17,18,19);1H. The van der Waals surface area contributed by atoms with Crippen LogP contribution in [0, 0.1) is 12.8 Å². The van der Waals surface area contributed by atoms with Crippen LogP contribution in [0.25, 0.3) is 0 Å². The largest absolute Gasteiger partial charge is 0.489 e. The molecule has 0 heterocycles. The Kier molecular flexibility index (Phi) is 7.28. The number of hydrogen-bond donors (Lipinski definition) is 2. The average molecular weight is 403 g/mol. The Morgan fingerprint density at radius 1 is 1.43 bits per heavy atom. The first-order valence-electron chi connectivity index (χ1n) is 7.29. The summed E-state index contributed by atoms with van der Waals surface area (Å²) < 4.78 is 5.94. The normalized spacial score (nSPS) is 22.0. The minimum Gasteiger partial charge on any atom is -0.489 e. The summed E-state index contributed by atoms with van der Waals surface area (Å²) in [6, 6.07) is 8.66. The maximum atomic E-state index is 5.94. The zero-order valence-corrected chi connectivity index (χ0v) is 15.5. The molecule has 0 saturated heterocycles. The molecule has 2 N–H and O–H groups in total. The van der Waals surface area contributed by atoms with Gasteiger partial charge in [-0.2, -0.15) is 0 Å². The van der Waals surface area contributed by atoms with Gasteiger partial charge in [-0.1, -0.05) is 25.1 Å². The monoisotopic (exact) mass is 403 g/mol. The molecule has 1 saturated carbocycles. The van der Waals surface area contributed by atoms with Crippen molar-refractivity contribution >= 4 is 29.9 Å². The topological polar surface area (TPSA) is 45.7 Å². The molecule has 118 valence electrons. The summed E-state index contributed by atoms with van der Waals surface area (Å²) in [7, 11) is 1.80. The quantitative estimate of drug-likeness (QED) is 0.452. The third-order valence-corrected chi connectivity index (χ3v) is 3.63. The summed E-state index contributed by atoms with van der Waals surface area (Å²) in [5, 5.41) is 6.72. The van der Waals surface area contributed by atoms with Crippen LogP contribution in [-0.4, -0.2) is 31.7 Å². The third-order valence-electron chi connectivity index (χ3n) is 3.63. The van der Waals surface area contributed by atoms with E-state index in [1.165, 1.54) is 6.42 Å². The first-order chi connectivity index (χ1) is 9.60. The molecule has 3 atom stereocenters. The van der Waals surface area contributed by atoms with Crippen molar-refractivity contribution in [2.45, 2.75) is 39.3 Å². The van der Waals surface area contributed by atoms with Crippen molar-refractivity contribution in [1.29, 1.82) is 0 Å². The summed E-state index contributed by atoms with van der Waals surface area (Å²) in [6.45, 7) is 7.10. The SMILES string of the molecule is CN=C(NCC(C)Oc1ccccc1C)NC1CC1C.I. The summed E-state index contributed by atoms with van der Waals surface area (Å²) in [5.41, 5.74) is 1.16. The van der Waals surface area contributed by atoms with Crippen molar-refractivity contribution in [3.8, 4) is 5.75 Å². The van der Waals surface area contributed by atoms with E-state index in [1.807, 2.05) is 18.2 Å². The molecule has 0 aliphatic heterocycles. The first kappa shape index (κ1) is 18.1. The van der Waals surface area contributed by atoms with Crippen LogP contribution in [-0.2, 0) is 0 Å². The van der Waals surface area contributed by atoms with E-state index in [9.17, 15) is 0 Å². The number of benzene rings is 1. The van der Waals surface area contributed by atoms with Gasteiger partial charge in [-0.3, -0.25) is 4.99 Å². The van der Waals surface area contributed by atoms with Gasteiger partial charge in [0.2, 0.25) is 0 Å². The fourth-order valence-electron chi connectivity index (χ4n) is 2.08. The van der Waals surface area contributed by atoms with Crippen molar-refractivity contribution in [3.63, 3.8) is 0 Å². The maximum Gasteiger partial charge on any atom is 0.191 e. The molecule has 5 heteroatoms. The Labute approximate surface area is 144 Å². The Morgan fingerprint density at radius 2 is 2.10 bits per heavy atom. The van der Waals surface area contributed by atoms with Crippen molar-refractivity contribution in [2.75, 3.05) is 13.6 Å². The lowest BCUT2D eigenvalue weighted by Crippen LogP contribution is -2.43. The number of guanidine groups is 1. The second-order valence-corrected chi connectivity index (χ2v) is 5.61. The number of halogens is 1. The second-order valence-electron chi connectivity index (χ2n) is 5.61. The second kappa shape index (κ2) is 8.46. The minimum atomic E-state index is 0. The molecular weight excluding hydrogens is 377 g/mol. The van der Waals surface area contributed by atoms with E-state index in [0.29, 0.717) is 6.04 Å². The molecule has 0 bridgehead atoms. The van der Waals surface area contributed by atoms with Crippen LogP contribution >= 0.6 is 24.0 Å². The Hall–Kier alpha value is -0.980. The van der Waals surface area contributed by atoms with Crippen LogP contribution < -0.4 is 15.4 Å². The van der Waals surface area contributed by atoms with Gasteiger partial charge < -0.3 is 15.4 Å². The van der Waals surface area contributed by atoms with Crippen LogP contribution in [0.2, 0.25) is 0 Å². The Balaban J connectivity index is 0.00000220. The fourth-order valence-corrected chi connectivity index (χ4v) is 2.08. The van der Waals surface area contributed by atoms with E-state index < -0.39 is 0 Å². The number of nitrogens with one attached hydrogen (secondary N) is 2. The lowest BCUT2D eigenvalue weighted by molar-refractivity contribution is 0.222. The fraction of sp³-hybridized carbons (Fsp3) is 0.562. The van der Waals surface area contributed by atoms with E-state index in [2.05, 4.69) is 42.5 Å². The summed E-state index contributed by atoms with van der Waals surface area (Å²) >= 11 is 0.